The second kappa shape index (κ2) is 4.81. The first-order chi connectivity index (χ1) is 6.81. The van der Waals surface area contributed by atoms with E-state index in [0.29, 0.717) is 12.2 Å². The molecular weight excluding hydrogens is 188 g/mol. The van der Waals surface area contributed by atoms with E-state index in [-0.39, 0.29) is 11.5 Å². The molecule has 1 unspecified atom stereocenters. The average Bonchev–Trinajstić information content (AvgIpc) is 1.99. The van der Waals surface area contributed by atoms with Gasteiger partial charge in [-0.15, -0.1) is 0 Å². The Labute approximate surface area is 94.0 Å². The van der Waals surface area contributed by atoms with E-state index in [9.17, 15) is 0 Å². The van der Waals surface area contributed by atoms with Gasteiger partial charge in [0, 0.05) is 25.7 Å². The Kier molecular flexibility index (Phi) is 4.15. The first-order valence-corrected chi connectivity index (χ1v) is 5.94. The van der Waals surface area contributed by atoms with Gasteiger partial charge in [0.15, 0.2) is 0 Å². The highest BCUT2D eigenvalue weighted by molar-refractivity contribution is 4.84. The molecule has 3 nitrogen and oxygen atoms in total. The van der Waals surface area contributed by atoms with Gasteiger partial charge < -0.3 is 10.5 Å². The lowest BCUT2D eigenvalue weighted by Gasteiger charge is -2.41. The van der Waals surface area contributed by atoms with E-state index in [2.05, 4.69) is 39.5 Å². The van der Waals surface area contributed by atoms with Crippen molar-refractivity contribution in [3.05, 3.63) is 0 Å². The number of hydrogen-bond acceptors (Lipinski definition) is 3. The predicted molar refractivity (Wildman–Crippen MR) is 63.9 cm³/mol. The largest absolute Gasteiger partial charge is 0.373 e. The maximum absolute atomic E-state index is 6.00. The summed E-state index contributed by atoms with van der Waals surface area (Å²) < 4.78 is 5.72. The van der Waals surface area contributed by atoms with Crippen LogP contribution in [0.3, 0.4) is 0 Å². The molecular formula is C12H26N2O. The molecule has 1 heterocycles. The summed E-state index contributed by atoms with van der Waals surface area (Å²) in [6, 6.07) is 0.228. The smallest absolute Gasteiger partial charge is 0.0678 e. The molecule has 0 spiro atoms. The summed E-state index contributed by atoms with van der Waals surface area (Å²) in [6.07, 6.45) is 0.690. The summed E-state index contributed by atoms with van der Waals surface area (Å²) >= 11 is 0. The van der Waals surface area contributed by atoms with Crippen LogP contribution in [0.25, 0.3) is 0 Å². The van der Waals surface area contributed by atoms with Gasteiger partial charge in [-0.1, -0.05) is 13.8 Å². The molecule has 0 radical (unpaired) electrons. The van der Waals surface area contributed by atoms with Crippen LogP contribution in [0.5, 0.6) is 0 Å². The Morgan fingerprint density at radius 2 is 1.80 bits per heavy atom. The van der Waals surface area contributed by atoms with E-state index in [1.54, 1.807) is 0 Å². The zero-order valence-corrected chi connectivity index (χ0v) is 10.8. The lowest BCUT2D eigenvalue weighted by atomic mass is 9.85. The van der Waals surface area contributed by atoms with Gasteiger partial charge in [-0.05, 0) is 26.2 Å². The number of morpholine rings is 1. The van der Waals surface area contributed by atoms with Crippen LogP contribution in [0.4, 0.5) is 0 Å². The highest BCUT2D eigenvalue weighted by Gasteiger charge is 2.30. The van der Waals surface area contributed by atoms with E-state index in [1.165, 1.54) is 0 Å². The van der Waals surface area contributed by atoms with Crippen LogP contribution in [-0.2, 0) is 4.74 Å². The lowest BCUT2D eigenvalue weighted by molar-refractivity contribution is -0.0767. The molecule has 0 aromatic rings. The SMILES string of the molecule is CC(N)C(C)(C)CN1C[C@@H](C)O[C@@H](C)C1. The monoisotopic (exact) mass is 214 g/mol. The van der Waals surface area contributed by atoms with E-state index >= 15 is 0 Å². The van der Waals surface area contributed by atoms with Crippen LogP contribution in [0.1, 0.15) is 34.6 Å². The van der Waals surface area contributed by atoms with Gasteiger partial charge in [0.2, 0.25) is 0 Å². The Bertz CT molecular complexity index is 194. The fraction of sp³-hybridized carbons (Fsp3) is 1.00. The summed E-state index contributed by atoms with van der Waals surface area (Å²) in [7, 11) is 0. The third kappa shape index (κ3) is 3.74. The summed E-state index contributed by atoms with van der Waals surface area (Å²) in [4.78, 5) is 2.47. The number of ether oxygens (including phenoxy) is 1. The zero-order chi connectivity index (χ0) is 11.6. The minimum atomic E-state index is 0.177. The van der Waals surface area contributed by atoms with Crippen molar-refractivity contribution in [3.63, 3.8) is 0 Å². The van der Waals surface area contributed by atoms with Crippen LogP contribution in [-0.4, -0.2) is 42.8 Å². The molecule has 0 saturated carbocycles. The molecule has 90 valence electrons. The summed E-state index contributed by atoms with van der Waals surface area (Å²) in [5.74, 6) is 0. The van der Waals surface area contributed by atoms with Crippen molar-refractivity contribution in [2.24, 2.45) is 11.1 Å². The molecule has 1 aliphatic heterocycles. The van der Waals surface area contributed by atoms with Crippen LogP contribution < -0.4 is 5.73 Å². The predicted octanol–water partition coefficient (Wildman–Crippen LogP) is 1.47. The fourth-order valence-electron chi connectivity index (χ4n) is 2.13. The molecule has 3 atom stereocenters. The number of nitrogens with two attached hydrogens (primary N) is 1. The van der Waals surface area contributed by atoms with Crippen molar-refractivity contribution in [2.75, 3.05) is 19.6 Å². The second-order valence-corrected chi connectivity index (χ2v) is 5.73. The molecule has 15 heavy (non-hydrogen) atoms. The minimum absolute atomic E-state index is 0.177. The van der Waals surface area contributed by atoms with Crippen molar-refractivity contribution in [3.8, 4) is 0 Å². The van der Waals surface area contributed by atoms with E-state index < -0.39 is 0 Å². The van der Waals surface area contributed by atoms with Gasteiger partial charge in [0.05, 0.1) is 12.2 Å². The maximum Gasteiger partial charge on any atom is 0.0678 e. The zero-order valence-electron chi connectivity index (χ0n) is 10.8. The quantitative estimate of drug-likeness (QED) is 0.773. The van der Waals surface area contributed by atoms with E-state index in [1.807, 2.05) is 0 Å². The normalized spacial score (nSPS) is 31.6. The van der Waals surface area contributed by atoms with Crippen LogP contribution in [0.15, 0.2) is 0 Å². The van der Waals surface area contributed by atoms with Crippen LogP contribution in [0, 0.1) is 5.41 Å². The fourth-order valence-corrected chi connectivity index (χ4v) is 2.13. The molecule has 0 amide bonds. The lowest BCUT2D eigenvalue weighted by Crippen LogP contribution is -2.51. The van der Waals surface area contributed by atoms with Crippen molar-refractivity contribution >= 4 is 0 Å². The minimum Gasteiger partial charge on any atom is -0.373 e. The van der Waals surface area contributed by atoms with E-state index in [4.69, 9.17) is 10.5 Å². The Morgan fingerprint density at radius 1 is 1.33 bits per heavy atom. The third-order valence-corrected chi connectivity index (χ3v) is 3.36. The third-order valence-electron chi connectivity index (χ3n) is 3.36. The first-order valence-electron chi connectivity index (χ1n) is 5.94. The molecule has 0 aromatic carbocycles. The first kappa shape index (κ1) is 12.9. The van der Waals surface area contributed by atoms with Gasteiger partial charge >= 0.3 is 0 Å². The van der Waals surface area contributed by atoms with Crippen molar-refractivity contribution in [1.82, 2.24) is 4.90 Å². The molecule has 0 aliphatic carbocycles. The summed E-state index contributed by atoms with van der Waals surface area (Å²) in [5, 5.41) is 0. The van der Waals surface area contributed by atoms with Gasteiger partial charge in [0.25, 0.3) is 0 Å². The molecule has 1 fully saturated rings. The van der Waals surface area contributed by atoms with Gasteiger partial charge in [0.1, 0.15) is 0 Å². The molecule has 1 rings (SSSR count). The number of rotatable bonds is 3. The average molecular weight is 214 g/mol. The Hall–Kier alpha value is -0.120. The topological polar surface area (TPSA) is 38.5 Å². The molecule has 0 aromatic heterocycles. The van der Waals surface area contributed by atoms with Crippen molar-refractivity contribution in [1.29, 1.82) is 0 Å². The highest BCUT2D eigenvalue weighted by atomic mass is 16.5. The Balaban J connectivity index is 2.50. The molecule has 1 aliphatic rings. The van der Waals surface area contributed by atoms with Crippen LogP contribution in [0.2, 0.25) is 0 Å². The molecule has 1 saturated heterocycles. The van der Waals surface area contributed by atoms with Crippen molar-refractivity contribution < 1.29 is 4.74 Å². The highest BCUT2D eigenvalue weighted by Crippen LogP contribution is 2.22. The Morgan fingerprint density at radius 3 is 2.20 bits per heavy atom. The van der Waals surface area contributed by atoms with Gasteiger partial charge in [-0.25, -0.2) is 0 Å². The molecule has 3 heteroatoms. The number of hydrogen-bond donors (Lipinski definition) is 1. The van der Waals surface area contributed by atoms with Gasteiger partial charge in [-0.2, -0.15) is 0 Å². The van der Waals surface area contributed by atoms with Gasteiger partial charge in [-0.3, -0.25) is 4.90 Å². The summed E-state index contributed by atoms with van der Waals surface area (Å²) in [6.45, 7) is 14.0. The standard InChI is InChI=1S/C12H26N2O/c1-9-6-14(7-10(2)15-9)8-12(4,5)11(3)13/h9-11H,6-8,13H2,1-5H3/t9-,10+,11?. The second-order valence-electron chi connectivity index (χ2n) is 5.73. The van der Waals surface area contributed by atoms with Crippen molar-refractivity contribution in [2.45, 2.75) is 52.9 Å². The maximum atomic E-state index is 6.00. The van der Waals surface area contributed by atoms with E-state index in [0.717, 1.165) is 19.6 Å². The number of nitrogens with zero attached hydrogens (tertiary/aromatic N) is 1. The molecule has 0 bridgehead atoms. The molecule has 2 N–H and O–H groups in total. The summed E-state index contributed by atoms with van der Waals surface area (Å²) in [5.41, 5.74) is 6.18. The van der Waals surface area contributed by atoms with Crippen LogP contribution >= 0.6 is 0 Å².